The number of nitrogens with one attached hydrogen (secondary N) is 2. The number of anilines is 3. The topological polar surface area (TPSA) is 75.9 Å². The molecule has 1 heterocycles. The zero-order chi connectivity index (χ0) is 15.1. The standard InChI is InChI=1S/C16H27N5/c1-3-12(2)21-16-14(17)15(19-11-20-16)18-10-9-13-7-5-4-6-8-13/h7,11-12H,3-6,8-10,17H2,1-2H3,(H2,18,19,20,21). The predicted molar refractivity (Wildman–Crippen MR) is 89.5 cm³/mol. The average molecular weight is 289 g/mol. The van der Waals surface area contributed by atoms with Crippen LogP contribution in [0.1, 0.15) is 52.4 Å². The summed E-state index contributed by atoms with van der Waals surface area (Å²) < 4.78 is 0. The number of nitrogens with two attached hydrogens (primary N) is 1. The molecule has 2 rings (SSSR count). The lowest BCUT2D eigenvalue weighted by Crippen LogP contribution is -2.17. The SMILES string of the molecule is CCC(C)Nc1ncnc(NCCC2=CCCCC2)c1N. The first-order valence-electron chi connectivity index (χ1n) is 7.99. The first-order chi connectivity index (χ1) is 10.2. The largest absolute Gasteiger partial charge is 0.393 e. The van der Waals surface area contributed by atoms with Crippen LogP contribution in [0, 0.1) is 0 Å². The molecule has 0 saturated heterocycles. The van der Waals surface area contributed by atoms with E-state index in [1.807, 2.05) is 0 Å². The monoisotopic (exact) mass is 289 g/mol. The lowest BCUT2D eigenvalue weighted by Gasteiger charge is -2.17. The van der Waals surface area contributed by atoms with Crippen LogP contribution in [0.3, 0.4) is 0 Å². The molecule has 1 atom stereocenters. The molecule has 5 heteroatoms. The van der Waals surface area contributed by atoms with Crippen molar-refractivity contribution in [2.75, 3.05) is 22.9 Å². The molecule has 4 N–H and O–H groups in total. The number of allylic oxidation sites excluding steroid dienone is 1. The highest BCUT2D eigenvalue weighted by molar-refractivity contribution is 5.74. The lowest BCUT2D eigenvalue weighted by atomic mass is 9.97. The van der Waals surface area contributed by atoms with Crippen LogP contribution in [-0.4, -0.2) is 22.6 Å². The predicted octanol–water partition coefficient (Wildman–Crippen LogP) is 3.57. The number of aromatic nitrogens is 2. The Balaban J connectivity index is 1.90. The van der Waals surface area contributed by atoms with Gasteiger partial charge >= 0.3 is 0 Å². The van der Waals surface area contributed by atoms with E-state index >= 15 is 0 Å². The zero-order valence-electron chi connectivity index (χ0n) is 13.2. The molecular weight excluding hydrogens is 262 g/mol. The third-order valence-corrected chi connectivity index (χ3v) is 4.00. The van der Waals surface area contributed by atoms with Gasteiger partial charge in [-0.15, -0.1) is 0 Å². The second-order valence-corrected chi connectivity index (χ2v) is 5.72. The normalized spacial score (nSPS) is 16.2. The van der Waals surface area contributed by atoms with E-state index in [0.29, 0.717) is 11.7 Å². The first-order valence-corrected chi connectivity index (χ1v) is 7.99. The van der Waals surface area contributed by atoms with Crippen molar-refractivity contribution >= 4 is 17.3 Å². The fourth-order valence-corrected chi connectivity index (χ4v) is 2.46. The van der Waals surface area contributed by atoms with Gasteiger partial charge in [-0.25, -0.2) is 9.97 Å². The van der Waals surface area contributed by atoms with E-state index < -0.39 is 0 Å². The zero-order valence-corrected chi connectivity index (χ0v) is 13.2. The van der Waals surface area contributed by atoms with E-state index in [4.69, 9.17) is 5.73 Å². The van der Waals surface area contributed by atoms with Gasteiger partial charge in [0.2, 0.25) is 0 Å². The van der Waals surface area contributed by atoms with Crippen molar-refractivity contribution in [3.05, 3.63) is 18.0 Å². The Labute approximate surface area is 127 Å². The highest BCUT2D eigenvalue weighted by Crippen LogP contribution is 2.24. The van der Waals surface area contributed by atoms with E-state index in [1.54, 1.807) is 11.9 Å². The maximum absolute atomic E-state index is 6.14. The minimum absolute atomic E-state index is 0.349. The van der Waals surface area contributed by atoms with Gasteiger partial charge in [-0.05, 0) is 45.4 Å². The molecule has 116 valence electrons. The van der Waals surface area contributed by atoms with Crippen LogP contribution in [0.2, 0.25) is 0 Å². The highest BCUT2D eigenvalue weighted by atomic mass is 15.1. The third-order valence-electron chi connectivity index (χ3n) is 4.00. The van der Waals surface area contributed by atoms with Gasteiger partial charge in [-0.2, -0.15) is 0 Å². The van der Waals surface area contributed by atoms with Gasteiger partial charge in [0.05, 0.1) is 0 Å². The first kappa shape index (κ1) is 15.6. The van der Waals surface area contributed by atoms with Crippen LogP contribution in [0.25, 0.3) is 0 Å². The molecular formula is C16H27N5. The Hall–Kier alpha value is -1.78. The summed E-state index contributed by atoms with van der Waals surface area (Å²) in [5, 5.41) is 6.65. The van der Waals surface area contributed by atoms with Gasteiger partial charge in [0, 0.05) is 12.6 Å². The van der Waals surface area contributed by atoms with Crippen molar-refractivity contribution < 1.29 is 0 Å². The number of nitrogens with zero attached hydrogens (tertiary/aromatic N) is 2. The van der Waals surface area contributed by atoms with Crippen molar-refractivity contribution in [1.82, 2.24) is 9.97 Å². The van der Waals surface area contributed by atoms with Gasteiger partial charge in [0.15, 0.2) is 11.6 Å². The minimum atomic E-state index is 0.349. The molecule has 0 amide bonds. The van der Waals surface area contributed by atoms with E-state index in [2.05, 4.69) is 40.5 Å². The molecule has 1 aliphatic rings. The van der Waals surface area contributed by atoms with Crippen molar-refractivity contribution in [2.45, 2.75) is 58.4 Å². The number of hydrogen-bond donors (Lipinski definition) is 3. The minimum Gasteiger partial charge on any atom is -0.393 e. The quantitative estimate of drug-likeness (QED) is 0.669. The molecule has 0 aliphatic heterocycles. The number of nitrogen functional groups attached to an aromatic ring is 1. The Morgan fingerprint density at radius 3 is 2.81 bits per heavy atom. The molecule has 0 aromatic carbocycles. The maximum Gasteiger partial charge on any atom is 0.155 e. The smallest absolute Gasteiger partial charge is 0.155 e. The summed E-state index contributed by atoms with van der Waals surface area (Å²) in [5.74, 6) is 1.45. The molecule has 0 radical (unpaired) electrons. The summed E-state index contributed by atoms with van der Waals surface area (Å²) in [6.07, 6.45) is 11.2. The Morgan fingerprint density at radius 1 is 1.29 bits per heavy atom. The molecule has 0 spiro atoms. The van der Waals surface area contributed by atoms with Crippen LogP contribution in [0.15, 0.2) is 18.0 Å². The van der Waals surface area contributed by atoms with E-state index in [9.17, 15) is 0 Å². The van der Waals surface area contributed by atoms with Crippen LogP contribution in [0.4, 0.5) is 17.3 Å². The van der Waals surface area contributed by atoms with Crippen LogP contribution < -0.4 is 16.4 Å². The van der Waals surface area contributed by atoms with Crippen LogP contribution in [-0.2, 0) is 0 Å². The Morgan fingerprint density at radius 2 is 2.10 bits per heavy atom. The summed E-state index contributed by atoms with van der Waals surface area (Å²) in [4.78, 5) is 8.47. The molecule has 0 saturated carbocycles. The molecule has 5 nitrogen and oxygen atoms in total. The summed E-state index contributed by atoms with van der Waals surface area (Å²) in [6, 6.07) is 0.349. The van der Waals surface area contributed by atoms with Crippen molar-refractivity contribution in [3.63, 3.8) is 0 Å². The summed E-state index contributed by atoms with van der Waals surface area (Å²) >= 11 is 0. The lowest BCUT2D eigenvalue weighted by molar-refractivity contribution is 0.679. The van der Waals surface area contributed by atoms with Gasteiger partial charge in [-0.3, -0.25) is 0 Å². The molecule has 1 aromatic rings. The van der Waals surface area contributed by atoms with E-state index in [1.165, 1.54) is 25.7 Å². The van der Waals surface area contributed by atoms with Crippen molar-refractivity contribution in [2.24, 2.45) is 0 Å². The van der Waals surface area contributed by atoms with Crippen LogP contribution in [0.5, 0.6) is 0 Å². The van der Waals surface area contributed by atoms with E-state index in [-0.39, 0.29) is 0 Å². The maximum atomic E-state index is 6.14. The summed E-state index contributed by atoms with van der Waals surface area (Å²) in [6.45, 7) is 5.12. The van der Waals surface area contributed by atoms with Gasteiger partial charge in [0.25, 0.3) is 0 Å². The summed E-state index contributed by atoms with van der Waals surface area (Å²) in [5.41, 5.74) is 8.30. The van der Waals surface area contributed by atoms with Gasteiger partial charge < -0.3 is 16.4 Å². The molecule has 1 unspecified atom stereocenters. The van der Waals surface area contributed by atoms with Gasteiger partial charge in [-0.1, -0.05) is 18.6 Å². The van der Waals surface area contributed by atoms with Crippen molar-refractivity contribution in [3.8, 4) is 0 Å². The highest BCUT2D eigenvalue weighted by Gasteiger charge is 2.10. The molecule has 21 heavy (non-hydrogen) atoms. The van der Waals surface area contributed by atoms with E-state index in [0.717, 1.165) is 31.0 Å². The molecule has 1 aromatic heterocycles. The van der Waals surface area contributed by atoms with Gasteiger partial charge in [0.1, 0.15) is 12.0 Å². The second-order valence-electron chi connectivity index (χ2n) is 5.72. The van der Waals surface area contributed by atoms with Crippen molar-refractivity contribution in [1.29, 1.82) is 0 Å². The average Bonchev–Trinajstić information content (AvgIpc) is 2.52. The molecule has 0 fully saturated rings. The fourth-order valence-electron chi connectivity index (χ4n) is 2.46. The Bertz CT molecular complexity index is 484. The fraction of sp³-hybridized carbons (Fsp3) is 0.625. The second kappa shape index (κ2) is 7.86. The molecule has 1 aliphatic carbocycles. The van der Waals surface area contributed by atoms with Crippen LogP contribution >= 0.6 is 0 Å². The third kappa shape index (κ3) is 4.62. The number of hydrogen-bond acceptors (Lipinski definition) is 5. The summed E-state index contributed by atoms with van der Waals surface area (Å²) in [7, 11) is 0. The molecule has 0 bridgehead atoms. The number of rotatable bonds is 7. The Kier molecular flexibility index (Phi) is 5.84.